The van der Waals surface area contributed by atoms with Crippen LogP contribution < -0.4 is 11.2 Å². The van der Waals surface area contributed by atoms with E-state index in [9.17, 15) is 18.4 Å². The second kappa shape index (κ2) is 6.39. The molecular formula is C20H25F2N3O2. The van der Waals surface area contributed by atoms with Crippen molar-refractivity contribution in [1.82, 2.24) is 9.97 Å². The molecule has 0 radical (unpaired) electrons. The zero-order valence-corrected chi connectivity index (χ0v) is 16.0. The van der Waals surface area contributed by atoms with Crippen molar-refractivity contribution in [2.24, 2.45) is 23.0 Å². The van der Waals surface area contributed by atoms with Crippen molar-refractivity contribution in [3.05, 3.63) is 39.9 Å². The zero-order valence-electron chi connectivity index (χ0n) is 16.0. The van der Waals surface area contributed by atoms with E-state index in [1.165, 1.54) is 12.3 Å². The average molecular weight is 377 g/mol. The monoisotopic (exact) mass is 377 g/mol. The van der Waals surface area contributed by atoms with Crippen LogP contribution in [0, 0.1) is 17.3 Å². The minimum atomic E-state index is -2.82. The number of primary amides is 1. The number of nitrogens with one attached hydrogen (secondary N) is 1. The van der Waals surface area contributed by atoms with Crippen molar-refractivity contribution in [1.29, 1.82) is 0 Å². The van der Waals surface area contributed by atoms with E-state index in [1.807, 2.05) is 27.7 Å². The maximum Gasteiger partial charge on any atom is 0.268 e. The maximum atomic E-state index is 14.9. The van der Waals surface area contributed by atoms with Crippen LogP contribution in [0.5, 0.6) is 0 Å². The van der Waals surface area contributed by atoms with Crippen LogP contribution in [-0.2, 0) is 0 Å². The molecular weight excluding hydrogens is 352 g/mol. The SMILES string of the molecule is CC1CC(C(C)(C)C)C(F)(F)C[C@H]1c1cc(=O)c2c(C(N)=O)nccc2[nH]1. The van der Waals surface area contributed by atoms with Gasteiger partial charge in [0.05, 0.1) is 10.9 Å². The third-order valence-corrected chi connectivity index (χ3v) is 5.74. The first-order valence-electron chi connectivity index (χ1n) is 9.11. The van der Waals surface area contributed by atoms with E-state index in [2.05, 4.69) is 9.97 Å². The Morgan fingerprint density at radius 3 is 2.63 bits per heavy atom. The van der Waals surface area contributed by atoms with Gasteiger partial charge < -0.3 is 10.7 Å². The highest BCUT2D eigenvalue weighted by atomic mass is 19.3. The minimum Gasteiger partial charge on any atom is -0.364 e. The third-order valence-electron chi connectivity index (χ3n) is 5.74. The first-order valence-corrected chi connectivity index (χ1v) is 9.11. The van der Waals surface area contributed by atoms with Crippen molar-refractivity contribution in [3.63, 3.8) is 0 Å². The van der Waals surface area contributed by atoms with Gasteiger partial charge in [-0.3, -0.25) is 14.6 Å². The third kappa shape index (κ3) is 3.47. The molecule has 1 aliphatic rings. The van der Waals surface area contributed by atoms with Crippen molar-refractivity contribution < 1.29 is 13.6 Å². The van der Waals surface area contributed by atoms with Gasteiger partial charge in [0.15, 0.2) is 5.43 Å². The van der Waals surface area contributed by atoms with Gasteiger partial charge in [-0.1, -0.05) is 27.7 Å². The number of hydrogen-bond acceptors (Lipinski definition) is 3. The van der Waals surface area contributed by atoms with E-state index in [4.69, 9.17) is 5.73 Å². The second-order valence-electron chi connectivity index (χ2n) is 8.74. The number of rotatable bonds is 2. The molecule has 146 valence electrons. The molecule has 2 heterocycles. The smallest absolute Gasteiger partial charge is 0.268 e. The summed E-state index contributed by atoms with van der Waals surface area (Å²) < 4.78 is 29.8. The van der Waals surface area contributed by atoms with Crippen LogP contribution in [0.15, 0.2) is 23.1 Å². The summed E-state index contributed by atoms with van der Waals surface area (Å²) in [7, 11) is 0. The predicted octanol–water partition coefficient (Wildman–Crippen LogP) is 3.83. The molecule has 0 aromatic carbocycles. The highest BCUT2D eigenvalue weighted by Gasteiger charge is 2.52. The van der Waals surface area contributed by atoms with Crippen molar-refractivity contribution in [3.8, 4) is 0 Å². The number of nitrogens with zero attached hydrogens (tertiary/aromatic N) is 1. The molecule has 1 fully saturated rings. The molecule has 7 heteroatoms. The van der Waals surface area contributed by atoms with Gasteiger partial charge in [-0.15, -0.1) is 0 Å². The standard InChI is InChI=1S/C20H25F2N3O2/c1-10-7-15(19(2,3)4)20(21,22)9-11(10)13-8-14(26)16-12(25-13)5-6-24-17(16)18(23)27/h5-6,8,10-11,15H,7,9H2,1-4H3,(H2,23,27)(H,25,26)/t10?,11-,15?/m1/s1. The lowest BCUT2D eigenvalue weighted by Gasteiger charge is -2.45. The van der Waals surface area contributed by atoms with E-state index in [0.717, 1.165) is 0 Å². The fourth-order valence-electron chi connectivity index (χ4n) is 4.36. The molecule has 2 aromatic heterocycles. The quantitative estimate of drug-likeness (QED) is 0.833. The molecule has 2 unspecified atom stereocenters. The predicted molar refractivity (Wildman–Crippen MR) is 99.9 cm³/mol. The molecule has 0 saturated heterocycles. The fraction of sp³-hybridized carbons (Fsp3) is 0.550. The van der Waals surface area contributed by atoms with Crippen molar-refractivity contribution >= 4 is 16.8 Å². The molecule has 0 bridgehead atoms. The summed E-state index contributed by atoms with van der Waals surface area (Å²) in [6.07, 6.45) is 1.44. The average Bonchev–Trinajstić information content (AvgIpc) is 2.54. The van der Waals surface area contributed by atoms with E-state index >= 15 is 0 Å². The largest absolute Gasteiger partial charge is 0.364 e. The van der Waals surface area contributed by atoms with E-state index < -0.39 is 34.5 Å². The summed E-state index contributed by atoms with van der Waals surface area (Å²) in [5.74, 6) is -4.82. The number of aromatic amines is 1. The summed E-state index contributed by atoms with van der Waals surface area (Å²) in [5.41, 5.74) is 5.09. The molecule has 3 N–H and O–H groups in total. The molecule has 1 amide bonds. The van der Waals surface area contributed by atoms with Crippen LogP contribution in [0.25, 0.3) is 10.9 Å². The van der Waals surface area contributed by atoms with Crippen LogP contribution >= 0.6 is 0 Å². The Morgan fingerprint density at radius 2 is 2.04 bits per heavy atom. The van der Waals surface area contributed by atoms with Crippen LogP contribution in [0.1, 0.15) is 62.6 Å². The lowest BCUT2D eigenvalue weighted by molar-refractivity contribution is -0.139. The molecule has 3 atom stereocenters. The topological polar surface area (TPSA) is 88.8 Å². The molecule has 3 rings (SSSR count). The Labute approximate surface area is 156 Å². The molecule has 1 aliphatic carbocycles. The summed E-state index contributed by atoms with van der Waals surface area (Å²) >= 11 is 0. The summed E-state index contributed by atoms with van der Waals surface area (Å²) in [6, 6.07) is 2.86. The Kier molecular flexibility index (Phi) is 4.60. The lowest BCUT2D eigenvalue weighted by Crippen LogP contribution is -2.45. The number of H-pyrrole nitrogens is 1. The highest BCUT2D eigenvalue weighted by molar-refractivity contribution is 6.03. The van der Waals surface area contributed by atoms with Gasteiger partial charge in [0.2, 0.25) is 0 Å². The first kappa shape index (κ1) is 19.5. The number of alkyl halides is 2. The van der Waals surface area contributed by atoms with Gasteiger partial charge in [0.1, 0.15) is 5.69 Å². The molecule has 27 heavy (non-hydrogen) atoms. The summed E-state index contributed by atoms with van der Waals surface area (Å²) in [5, 5.41) is 0.0940. The Balaban J connectivity index is 2.06. The van der Waals surface area contributed by atoms with Gasteiger partial charge in [0, 0.05) is 36.2 Å². The van der Waals surface area contributed by atoms with E-state index in [-0.39, 0.29) is 23.4 Å². The molecule has 0 aliphatic heterocycles. The number of nitrogens with two attached hydrogens (primary N) is 1. The van der Waals surface area contributed by atoms with Gasteiger partial charge in [0.25, 0.3) is 11.8 Å². The van der Waals surface area contributed by atoms with Crippen molar-refractivity contribution in [2.45, 2.75) is 52.4 Å². The summed E-state index contributed by atoms with van der Waals surface area (Å²) in [4.78, 5) is 31.1. The van der Waals surface area contributed by atoms with E-state index in [0.29, 0.717) is 17.6 Å². The van der Waals surface area contributed by atoms with E-state index in [1.54, 1.807) is 6.07 Å². The lowest BCUT2D eigenvalue weighted by atomic mass is 9.63. The first-order chi connectivity index (χ1) is 12.4. The van der Waals surface area contributed by atoms with Crippen molar-refractivity contribution in [2.75, 3.05) is 0 Å². The van der Waals surface area contributed by atoms with Gasteiger partial charge in [-0.2, -0.15) is 0 Å². The number of pyridine rings is 2. The number of fused-ring (bicyclic) bond motifs is 1. The molecule has 2 aromatic rings. The Bertz CT molecular complexity index is 946. The van der Waals surface area contributed by atoms with Gasteiger partial charge in [-0.25, -0.2) is 8.78 Å². The zero-order chi connectivity index (χ0) is 20.1. The Morgan fingerprint density at radius 1 is 1.37 bits per heavy atom. The van der Waals surface area contributed by atoms with Crippen LogP contribution in [0.3, 0.4) is 0 Å². The molecule has 1 saturated carbocycles. The van der Waals surface area contributed by atoms with Crippen LogP contribution in [-0.4, -0.2) is 21.8 Å². The second-order valence-corrected chi connectivity index (χ2v) is 8.74. The number of halogens is 2. The minimum absolute atomic E-state index is 0.0144. The molecule has 5 nitrogen and oxygen atoms in total. The summed E-state index contributed by atoms with van der Waals surface area (Å²) in [6.45, 7) is 7.47. The van der Waals surface area contributed by atoms with Gasteiger partial charge in [-0.05, 0) is 23.8 Å². The Hall–Kier alpha value is -2.31. The highest BCUT2D eigenvalue weighted by Crippen LogP contribution is 2.53. The number of amides is 1. The van der Waals surface area contributed by atoms with Crippen LogP contribution in [0.4, 0.5) is 8.78 Å². The number of aromatic nitrogens is 2. The van der Waals surface area contributed by atoms with Crippen LogP contribution in [0.2, 0.25) is 0 Å². The molecule has 0 spiro atoms. The normalized spacial score (nSPS) is 25.5. The van der Waals surface area contributed by atoms with Gasteiger partial charge >= 0.3 is 0 Å². The fourth-order valence-corrected chi connectivity index (χ4v) is 4.36. The number of carbonyl (C=O) groups is 1. The number of carbonyl (C=O) groups excluding carboxylic acids is 1. The number of hydrogen-bond donors (Lipinski definition) is 2. The maximum absolute atomic E-state index is 14.9.